The topological polar surface area (TPSA) is 47.6 Å². The number of hydrogen-bond donors (Lipinski definition) is 1. The maximum Gasteiger partial charge on any atom is 0.432 e. The van der Waals surface area contributed by atoms with Crippen molar-refractivity contribution in [1.29, 1.82) is 0 Å². The predicted octanol–water partition coefficient (Wildman–Crippen LogP) is 5.65. The van der Waals surface area contributed by atoms with Crippen molar-refractivity contribution < 1.29 is 31.1 Å². The van der Waals surface area contributed by atoms with Gasteiger partial charge in [-0.3, -0.25) is 4.99 Å². The highest BCUT2D eigenvalue weighted by molar-refractivity contribution is 6.00. The highest BCUT2D eigenvalue weighted by Gasteiger charge is 2.38. The lowest BCUT2D eigenvalue weighted by molar-refractivity contribution is -0.0928. The monoisotopic (exact) mass is 444 g/mol. The van der Waals surface area contributed by atoms with E-state index >= 15 is 0 Å². The summed E-state index contributed by atoms with van der Waals surface area (Å²) in [6, 6.07) is 16.7. The summed E-state index contributed by atoms with van der Waals surface area (Å²) in [4.78, 5) is 3.26. The van der Waals surface area contributed by atoms with E-state index in [4.69, 9.17) is 4.74 Å². The van der Waals surface area contributed by atoms with Gasteiger partial charge < -0.3 is 10.5 Å². The van der Waals surface area contributed by atoms with Crippen molar-refractivity contribution in [2.24, 2.45) is 10.7 Å². The fourth-order valence-electron chi connectivity index (χ4n) is 2.62. The van der Waals surface area contributed by atoms with Crippen molar-refractivity contribution >= 4 is 5.71 Å². The van der Waals surface area contributed by atoms with E-state index in [9.17, 15) is 26.3 Å². The minimum atomic E-state index is -5.05. The third kappa shape index (κ3) is 8.74. The molecule has 9 heteroatoms. The number of halogens is 6. The molecule has 0 saturated carbocycles. The molecule has 0 radical (unpaired) electrons. The van der Waals surface area contributed by atoms with Crippen LogP contribution in [0.2, 0.25) is 0 Å². The van der Waals surface area contributed by atoms with E-state index in [0.29, 0.717) is 17.9 Å². The lowest BCUT2D eigenvalue weighted by atomic mass is 10.1. The Hall–Kier alpha value is -2.97. The summed E-state index contributed by atoms with van der Waals surface area (Å²) in [5, 5.41) is 0. The van der Waals surface area contributed by atoms with Gasteiger partial charge in [-0.25, -0.2) is 0 Å². The summed E-state index contributed by atoms with van der Waals surface area (Å²) < 4.78 is 81.5. The van der Waals surface area contributed by atoms with Crippen LogP contribution in [0.1, 0.15) is 17.5 Å². The van der Waals surface area contributed by atoms with Crippen LogP contribution in [-0.4, -0.2) is 31.2 Å². The van der Waals surface area contributed by atoms with E-state index in [1.807, 2.05) is 30.3 Å². The van der Waals surface area contributed by atoms with E-state index in [2.05, 4.69) is 10.7 Å². The van der Waals surface area contributed by atoms with Gasteiger partial charge in [-0.15, -0.1) is 0 Å². The molecule has 0 aromatic heterocycles. The molecule has 31 heavy (non-hydrogen) atoms. The van der Waals surface area contributed by atoms with E-state index in [0.717, 1.165) is 12.8 Å². The molecule has 0 heterocycles. The van der Waals surface area contributed by atoms with Crippen molar-refractivity contribution in [3.05, 3.63) is 77.5 Å². The second kappa shape index (κ2) is 10.9. The van der Waals surface area contributed by atoms with Gasteiger partial charge in [0.15, 0.2) is 0 Å². The molecule has 0 saturated heterocycles. The van der Waals surface area contributed by atoms with Crippen molar-refractivity contribution in [2.45, 2.75) is 31.6 Å². The standard InChI is InChI=1S/C22H22F6N2O/c23-21(24,25)19(29)15-20(22(26,27)28)30-13-12-17-8-10-18(11-9-17)31-14-4-7-16-5-2-1-3-6-16/h1-3,5-6,8-11,15H,4,7,12-14,29H2. The summed E-state index contributed by atoms with van der Waals surface area (Å²) in [6.07, 6.45) is -8.45. The van der Waals surface area contributed by atoms with Crippen molar-refractivity contribution in [3.8, 4) is 5.75 Å². The van der Waals surface area contributed by atoms with Crippen LogP contribution < -0.4 is 10.5 Å². The van der Waals surface area contributed by atoms with Crippen molar-refractivity contribution in [3.63, 3.8) is 0 Å². The lowest BCUT2D eigenvalue weighted by Crippen LogP contribution is -2.27. The van der Waals surface area contributed by atoms with Crippen LogP contribution in [0.5, 0.6) is 5.75 Å². The number of rotatable bonds is 9. The molecule has 0 aliphatic carbocycles. The van der Waals surface area contributed by atoms with Gasteiger partial charge in [0, 0.05) is 6.54 Å². The summed E-state index contributed by atoms with van der Waals surface area (Å²) in [5.74, 6) is 0.622. The molecule has 0 spiro atoms. The molecule has 2 N–H and O–H groups in total. The van der Waals surface area contributed by atoms with Gasteiger partial charge in [0.05, 0.1) is 6.61 Å². The molecule has 2 aromatic rings. The molecule has 0 aliphatic rings. The van der Waals surface area contributed by atoms with Crippen LogP contribution in [0.4, 0.5) is 26.3 Å². The number of aryl methyl sites for hydroxylation is 1. The van der Waals surface area contributed by atoms with E-state index in [-0.39, 0.29) is 19.0 Å². The van der Waals surface area contributed by atoms with Gasteiger partial charge in [-0.05, 0) is 48.6 Å². The number of nitrogens with two attached hydrogens (primary N) is 1. The number of alkyl halides is 6. The first-order valence-corrected chi connectivity index (χ1v) is 9.47. The Balaban J connectivity index is 1.85. The molecule has 0 fully saturated rings. The Kier molecular flexibility index (Phi) is 8.53. The zero-order chi connectivity index (χ0) is 22.9. The molecule has 0 bridgehead atoms. The highest BCUT2D eigenvalue weighted by atomic mass is 19.4. The number of ether oxygens (including phenoxy) is 1. The SMILES string of the molecule is NC(=CC(=NCCc1ccc(OCCCc2ccccc2)cc1)C(F)(F)F)C(F)(F)F. The van der Waals surface area contributed by atoms with Crippen LogP contribution in [0.3, 0.4) is 0 Å². The van der Waals surface area contributed by atoms with Crippen molar-refractivity contribution in [2.75, 3.05) is 13.2 Å². The van der Waals surface area contributed by atoms with Gasteiger partial charge in [-0.2, -0.15) is 26.3 Å². The molecule has 2 aromatic carbocycles. The minimum Gasteiger partial charge on any atom is -0.494 e. The Morgan fingerprint density at radius 2 is 1.45 bits per heavy atom. The van der Waals surface area contributed by atoms with Gasteiger partial charge >= 0.3 is 12.4 Å². The van der Waals surface area contributed by atoms with Crippen LogP contribution in [-0.2, 0) is 12.8 Å². The fraction of sp³-hybridized carbons (Fsp3) is 0.318. The van der Waals surface area contributed by atoms with E-state index in [1.54, 1.807) is 24.3 Å². The average Bonchev–Trinajstić information content (AvgIpc) is 2.70. The van der Waals surface area contributed by atoms with Crippen LogP contribution in [0, 0.1) is 0 Å². The van der Waals surface area contributed by atoms with E-state index < -0.39 is 23.8 Å². The average molecular weight is 444 g/mol. The lowest BCUT2D eigenvalue weighted by Gasteiger charge is -2.11. The molecule has 0 amide bonds. The second-order valence-corrected chi connectivity index (χ2v) is 6.69. The number of benzene rings is 2. The molecule has 0 unspecified atom stereocenters. The minimum absolute atomic E-state index is 0.119. The smallest absolute Gasteiger partial charge is 0.432 e. The normalized spacial score (nSPS) is 13.4. The zero-order valence-corrected chi connectivity index (χ0v) is 16.5. The van der Waals surface area contributed by atoms with Gasteiger partial charge in [0.2, 0.25) is 0 Å². The van der Waals surface area contributed by atoms with Crippen LogP contribution in [0.15, 0.2) is 71.4 Å². The highest BCUT2D eigenvalue weighted by Crippen LogP contribution is 2.25. The second-order valence-electron chi connectivity index (χ2n) is 6.69. The van der Waals surface area contributed by atoms with Crippen LogP contribution >= 0.6 is 0 Å². The predicted molar refractivity (Wildman–Crippen MR) is 107 cm³/mol. The Labute approximate surface area is 176 Å². The first kappa shape index (κ1) is 24.3. The summed E-state index contributed by atoms with van der Waals surface area (Å²) in [7, 11) is 0. The molecule has 0 aliphatic heterocycles. The number of allylic oxidation sites excluding steroid dienone is 2. The maximum absolute atomic E-state index is 12.9. The first-order chi connectivity index (χ1) is 14.6. The summed E-state index contributed by atoms with van der Waals surface area (Å²) in [5.41, 5.74) is 3.05. The first-order valence-electron chi connectivity index (χ1n) is 9.47. The maximum atomic E-state index is 12.9. The molecule has 0 atom stereocenters. The van der Waals surface area contributed by atoms with Crippen LogP contribution in [0.25, 0.3) is 0 Å². The molecular weight excluding hydrogens is 422 g/mol. The molecule has 168 valence electrons. The number of hydrogen-bond acceptors (Lipinski definition) is 3. The Morgan fingerprint density at radius 1 is 0.839 bits per heavy atom. The third-order valence-electron chi connectivity index (χ3n) is 4.24. The summed E-state index contributed by atoms with van der Waals surface area (Å²) in [6.45, 7) is 0.175. The fourth-order valence-corrected chi connectivity index (χ4v) is 2.62. The van der Waals surface area contributed by atoms with Gasteiger partial charge in [0.25, 0.3) is 0 Å². The number of aliphatic imine (C=N–C) groups is 1. The zero-order valence-electron chi connectivity index (χ0n) is 16.5. The molecule has 3 nitrogen and oxygen atoms in total. The van der Waals surface area contributed by atoms with Gasteiger partial charge in [0.1, 0.15) is 17.2 Å². The van der Waals surface area contributed by atoms with Crippen molar-refractivity contribution in [1.82, 2.24) is 0 Å². The molecular formula is C22H22F6N2O. The van der Waals surface area contributed by atoms with Gasteiger partial charge in [-0.1, -0.05) is 42.5 Å². The Bertz CT molecular complexity index is 872. The largest absolute Gasteiger partial charge is 0.494 e. The quantitative estimate of drug-likeness (QED) is 0.309. The van der Waals surface area contributed by atoms with E-state index in [1.165, 1.54) is 5.56 Å². The molecule has 2 rings (SSSR count). The third-order valence-corrected chi connectivity index (χ3v) is 4.24. The Morgan fingerprint density at radius 3 is 2.03 bits per heavy atom. The number of nitrogens with zero attached hydrogens (tertiary/aromatic N) is 1. The summed E-state index contributed by atoms with van der Waals surface area (Å²) >= 11 is 0.